The van der Waals surface area contributed by atoms with E-state index in [1.807, 2.05) is 23.7 Å². The van der Waals surface area contributed by atoms with E-state index in [2.05, 4.69) is 27.5 Å². The van der Waals surface area contributed by atoms with Crippen molar-refractivity contribution in [3.63, 3.8) is 0 Å². The van der Waals surface area contributed by atoms with E-state index in [-0.39, 0.29) is 6.04 Å². The monoisotopic (exact) mass is 244 g/mol. The SMILES string of the molecule is COc1cccc(C2CCNc3nc(C)nn32)c1. The largest absolute Gasteiger partial charge is 0.497 e. The van der Waals surface area contributed by atoms with Gasteiger partial charge in [-0.15, -0.1) is 0 Å². The van der Waals surface area contributed by atoms with Crippen molar-refractivity contribution in [1.29, 1.82) is 0 Å². The van der Waals surface area contributed by atoms with Crippen LogP contribution in [0.25, 0.3) is 0 Å². The molecule has 5 heteroatoms. The van der Waals surface area contributed by atoms with Crippen LogP contribution in [0.2, 0.25) is 0 Å². The second-order valence-corrected chi connectivity index (χ2v) is 4.44. The van der Waals surface area contributed by atoms with Crippen molar-refractivity contribution in [2.24, 2.45) is 0 Å². The van der Waals surface area contributed by atoms with Crippen molar-refractivity contribution >= 4 is 5.95 Å². The van der Waals surface area contributed by atoms with Gasteiger partial charge in [0.25, 0.3) is 0 Å². The van der Waals surface area contributed by atoms with Gasteiger partial charge in [0.2, 0.25) is 5.95 Å². The topological polar surface area (TPSA) is 52.0 Å². The minimum Gasteiger partial charge on any atom is -0.497 e. The molecule has 1 atom stereocenters. The summed E-state index contributed by atoms with van der Waals surface area (Å²) < 4.78 is 7.24. The Bertz CT molecular complexity index is 564. The van der Waals surface area contributed by atoms with Crippen molar-refractivity contribution in [2.75, 3.05) is 19.0 Å². The quantitative estimate of drug-likeness (QED) is 0.878. The maximum absolute atomic E-state index is 5.28. The minimum absolute atomic E-state index is 0.234. The maximum Gasteiger partial charge on any atom is 0.221 e. The summed E-state index contributed by atoms with van der Waals surface area (Å²) in [7, 11) is 1.69. The third-order valence-electron chi connectivity index (χ3n) is 3.21. The molecule has 0 radical (unpaired) electrons. The molecule has 0 saturated carbocycles. The van der Waals surface area contributed by atoms with E-state index in [1.54, 1.807) is 7.11 Å². The highest BCUT2D eigenvalue weighted by Crippen LogP contribution is 2.29. The van der Waals surface area contributed by atoms with Crippen LogP contribution in [0.1, 0.15) is 23.9 Å². The first kappa shape index (κ1) is 11.1. The van der Waals surface area contributed by atoms with Gasteiger partial charge < -0.3 is 10.1 Å². The third-order valence-corrected chi connectivity index (χ3v) is 3.21. The Morgan fingerprint density at radius 1 is 1.44 bits per heavy atom. The van der Waals surface area contributed by atoms with Crippen LogP contribution in [-0.4, -0.2) is 28.4 Å². The van der Waals surface area contributed by atoms with Gasteiger partial charge in [0, 0.05) is 6.54 Å². The predicted molar refractivity (Wildman–Crippen MR) is 69.0 cm³/mol. The van der Waals surface area contributed by atoms with E-state index >= 15 is 0 Å². The lowest BCUT2D eigenvalue weighted by atomic mass is 10.0. The number of ether oxygens (including phenoxy) is 1. The summed E-state index contributed by atoms with van der Waals surface area (Å²) in [6.45, 7) is 2.83. The number of benzene rings is 1. The molecule has 1 unspecified atom stereocenters. The maximum atomic E-state index is 5.28. The van der Waals surface area contributed by atoms with Gasteiger partial charge in [-0.2, -0.15) is 10.1 Å². The first-order chi connectivity index (χ1) is 8.78. The number of aromatic nitrogens is 3. The van der Waals surface area contributed by atoms with Crippen molar-refractivity contribution in [3.8, 4) is 5.75 Å². The van der Waals surface area contributed by atoms with Crippen molar-refractivity contribution < 1.29 is 4.74 Å². The van der Waals surface area contributed by atoms with Gasteiger partial charge in [-0.3, -0.25) is 0 Å². The normalized spacial score (nSPS) is 18.0. The van der Waals surface area contributed by atoms with Crippen LogP contribution in [-0.2, 0) is 0 Å². The van der Waals surface area contributed by atoms with E-state index in [0.717, 1.165) is 30.5 Å². The fourth-order valence-electron chi connectivity index (χ4n) is 2.37. The fourth-order valence-corrected chi connectivity index (χ4v) is 2.37. The standard InChI is InChI=1S/C13H16N4O/c1-9-15-13-14-7-6-12(17(13)16-9)10-4-3-5-11(8-10)18-2/h3-5,8,12H,6-7H2,1-2H3,(H,14,15,16). The summed E-state index contributed by atoms with van der Waals surface area (Å²) in [5, 5.41) is 7.74. The minimum atomic E-state index is 0.234. The number of fused-ring (bicyclic) bond motifs is 1. The van der Waals surface area contributed by atoms with Crippen molar-refractivity contribution in [2.45, 2.75) is 19.4 Å². The molecule has 3 rings (SSSR count). The number of hydrogen-bond acceptors (Lipinski definition) is 4. The highest BCUT2D eigenvalue weighted by atomic mass is 16.5. The van der Waals surface area contributed by atoms with Gasteiger partial charge in [-0.25, -0.2) is 4.68 Å². The Morgan fingerprint density at radius 2 is 2.33 bits per heavy atom. The Balaban J connectivity index is 2.02. The fraction of sp³-hybridized carbons (Fsp3) is 0.385. The lowest BCUT2D eigenvalue weighted by molar-refractivity contribution is 0.411. The zero-order valence-electron chi connectivity index (χ0n) is 10.6. The van der Waals surface area contributed by atoms with Crippen LogP contribution in [0.15, 0.2) is 24.3 Å². The van der Waals surface area contributed by atoms with Crippen LogP contribution >= 0.6 is 0 Å². The number of nitrogens with zero attached hydrogens (tertiary/aromatic N) is 3. The number of nitrogens with one attached hydrogen (secondary N) is 1. The summed E-state index contributed by atoms with van der Waals surface area (Å²) in [5.74, 6) is 2.53. The van der Waals surface area contributed by atoms with Gasteiger partial charge in [-0.1, -0.05) is 12.1 Å². The average Bonchev–Trinajstić information content (AvgIpc) is 2.78. The molecule has 2 heterocycles. The zero-order valence-corrected chi connectivity index (χ0v) is 10.6. The molecule has 0 amide bonds. The number of rotatable bonds is 2. The first-order valence-corrected chi connectivity index (χ1v) is 6.09. The third kappa shape index (κ3) is 1.81. The average molecular weight is 244 g/mol. The first-order valence-electron chi connectivity index (χ1n) is 6.09. The molecule has 0 spiro atoms. The number of methoxy groups -OCH3 is 1. The van der Waals surface area contributed by atoms with E-state index in [0.29, 0.717) is 0 Å². The van der Waals surface area contributed by atoms with Gasteiger partial charge in [-0.05, 0) is 31.0 Å². The number of anilines is 1. The zero-order chi connectivity index (χ0) is 12.5. The molecule has 1 aromatic heterocycles. The highest BCUT2D eigenvalue weighted by Gasteiger charge is 2.23. The molecule has 0 fully saturated rings. The predicted octanol–water partition coefficient (Wildman–Crippen LogP) is 2.00. The Morgan fingerprint density at radius 3 is 3.17 bits per heavy atom. The van der Waals surface area contributed by atoms with Gasteiger partial charge >= 0.3 is 0 Å². The van der Waals surface area contributed by atoms with E-state index < -0.39 is 0 Å². The molecule has 0 saturated heterocycles. The molecular formula is C13H16N4O. The molecular weight excluding hydrogens is 228 g/mol. The van der Waals surface area contributed by atoms with Crippen LogP contribution in [0.3, 0.4) is 0 Å². The molecule has 1 aromatic carbocycles. The molecule has 1 N–H and O–H groups in total. The Labute approximate surface area is 106 Å². The van der Waals surface area contributed by atoms with Crippen molar-refractivity contribution in [3.05, 3.63) is 35.7 Å². The summed E-state index contributed by atoms with van der Waals surface area (Å²) >= 11 is 0. The second kappa shape index (κ2) is 4.33. The summed E-state index contributed by atoms with van der Waals surface area (Å²) in [5.41, 5.74) is 1.21. The molecule has 0 bridgehead atoms. The van der Waals surface area contributed by atoms with Gasteiger partial charge in [0.05, 0.1) is 13.2 Å². The number of aryl methyl sites for hydroxylation is 1. The van der Waals surface area contributed by atoms with Crippen LogP contribution in [0.4, 0.5) is 5.95 Å². The summed E-state index contributed by atoms with van der Waals surface area (Å²) in [6.07, 6.45) is 1.00. The molecule has 94 valence electrons. The molecule has 1 aliphatic heterocycles. The van der Waals surface area contributed by atoms with Crippen LogP contribution < -0.4 is 10.1 Å². The lowest BCUT2D eigenvalue weighted by Gasteiger charge is -2.24. The van der Waals surface area contributed by atoms with Gasteiger partial charge in [0.15, 0.2) is 0 Å². The molecule has 5 nitrogen and oxygen atoms in total. The van der Waals surface area contributed by atoms with Crippen molar-refractivity contribution in [1.82, 2.24) is 14.8 Å². The molecule has 18 heavy (non-hydrogen) atoms. The molecule has 0 aliphatic carbocycles. The summed E-state index contributed by atoms with van der Waals surface area (Å²) in [4.78, 5) is 4.38. The number of hydrogen-bond donors (Lipinski definition) is 1. The van der Waals surface area contributed by atoms with E-state index in [9.17, 15) is 0 Å². The van der Waals surface area contributed by atoms with Crippen LogP contribution in [0.5, 0.6) is 5.75 Å². The summed E-state index contributed by atoms with van der Waals surface area (Å²) in [6, 6.07) is 8.38. The molecule has 1 aliphatic rings. The lowest BCUT2D eigenvalue weighted by Crippen LogP contribution is -2.24. The highest BCUT2D eigenvalue weighted by molar-refractivity contribution is 5.36. The van der Waals surface area contributed by atoms with E-state index in [1.165, 1.54) is 5.56 Å². The smallest absolute Gasteiger partial charge is 0.221 e. The second-order valence-electron chi connectivity index (χ2n) is 4.44. The molecule has 2 aromatic rings. The Hall–Kier alpha value is -2.04. The van der Waals surface area contributed by atoms with Gasteiger partial charge in [0.1, 0.15) is 11.6 Å². The van der Waals surface area contributed by atoms with Crippen LogP contribution in [0, 0.1) is 6.92 Å². The Kier molecular flexibility index (Phi) is 2.66. The van der Waals surface area contributed by atoms with E-state index in [4.69, 9.17) is 4.74 Å².